The fourth-order valence-corrected chi connectivity index (χ4v) is 8.90. The van der Waals surface area contributed by atoms with Gasteiger partial charge in [-0.15, -0.1) is 0 Å². The molecule has 0 aliphatic heterocycles. The van der Waals surface area contributed by atoms with E-state index in [9.17, 15) is 44.7 Å². The van der Waals surface area contributed by atoms with E-state index in [1.807, 2.05) is 0 Å². The Labute approximate surface area is 258 Å². The Hall–Kier alpha value is -3.62. The quantitative estimate of drug-likeness (QED) is 0.117. The molecule has 0 spiro atoms. The SMILES string of the molecule is O=C(Nc1cc(F)c(F)c(F)c1)c1ccc(Cl)c(S(=O)(=O)C2C3CCC2CC(O)(/C=N/OCc2ccc(C(F)(F)F)cc2)C3)c1. The summed E-state index contributed by atoms with van der Waals surface area (Å²) in [5, 5.41) is 16.1. The van der Waals surface area contributed by atoms with Crippen molar-refractivity contribution in [1.82, 2.24) is 0 Å². The van der Waals surface area contributed by atoms with Gasteiger partial charge in [0, 0.05) is 23.4 Å². The van der Waals surface area contributed by atoms with Crippen molar-refractivity contribution in [3.8, 4) is 0 Å². The zero-order chi connectivity index (χ0) is 32.7. The third-order valence-electron chi connectivity index (χ3n) is 8.05. The van der Waals surface area contributed by atoms with Crippen LogP contribution < -0.4 is 5.32 Å². The zero-order valence-electron chi connectivity index (χ0n) is 23.1. The lowest BCUT2D eigenvalue weighted by Gasteiger charge is -2.38. The molecule has 15 heteroatoms. The first-order chi connectivity index (χ1) is 21.1. The lowest BCUT2D eigenvalue weighted by molar-refractivity contribution is -0.137. The monoisotopic (exact) mass is 674 g/mol. The van der Waals surface area contributed by atoms with E-state index in [0.717, 1.165) is 18.2 Å². The highest BCUT2D eigenvalue weighted by molar-refractivity contribution is 7.92. The normalized spacial score (nSPS) is 23.3. The maximum absolute atomic E-state index is 13.9. The molecule has 3 aromatic rings. The molecule has 0 saturated heterocycles. The minimum Gasteiger partial charge on any atom is -0.391 e. The van der Waals surface area contributed by atoms with Crippen molar-refractivity contribution < 1.29 is 49.5 Å². The van der Waals surface area contributed by atoms with Crippen molar-refractivity contribution in [3.63, 3.8) is 0 Å². The summed E-state index contributed by atoms with van der Waals surface area (Å²) in [6.45, 7) is -0.151. The first-order valence-electron chi connectivity index (χ1n) is 13.6. The van der Waals surface area contributed by atoms with Gasteiger partial charge in [0.1, 0.15) is 12.2 Å². The number of nitrogens with one attached hydrogen (secondary N) is 1. The molecule has 3 aromatic carbocycles. The zero-order valence-corrected chi connectivity index (χ0v) is 24.7. The van der Waals surface area contributed by atoms with Crippen LogP contribution in [-0.4, -0.2) is 36.5 Å². The van der Waals surface area contributed by atoms with Crippen molar-refractivity contribution in [2.75, 3.05) is 5.32 Å². The Morgan fingerprint density at radius 1 is 1.02 bits per heavy atom. The van der Waals surface area contributed by atoms with Gasteiger partial charge in [0.2, 0.25) is 0 Å². The molecule has 2 N–H and O–H groups in total. The summed E-state index contributed by atoms with van der Waals surface area (Å²) in [7, 11) is -4.15. The summed E-state index contributed by atoms with van der Waals surface area (Å²) in [6, 6.07) is 8.96. The summed E-state index contributed by atoms with van der Waals surface area (Å²) in [5.74, 6) is -6.67. The molecule has 1 amide bonds. The Morgan fingerprint density at radius 2 is 1.62 bits per heavy atom. The second-order valence-electron chi connectivity index (χ2n) is 11.2. The molecule has 0 heterocycles. The Kier molecular flexibility index (Phi) is 8.95. The maximum Gasteiger partial charge on any atom is 0.416 e. The van der Waals surface area contributed by atoms with Gasteiger partial charge in [-0.05, 0) is 73.4 Å². The number of nitrogens with zero attached hydrogens (tertiary/aromatic N) is 1. The van der Waals surface area contributed by atoms with Crippen LogP contribution in [0.15, 0.2) is 64.6 Å². The average molecular weight is 675 g/mol. The molecule has 0 radical (unpaired) electrons. The number of rotatable bonds is 8. The highest BCUT2D eigenvalue weighted by Crippen LogP contribution is 2.51. The maximum atomic E-state index is 13.9. The fourth-order valence-electron chi connectivity index (χ4n) is 6.06. The van der Waals surface area contributed by atoms with E-state index in [0.29, 0.717) is 30.5 Å². The van der Waals surface area contributed by atoms with Gasteiger partial charge in [0.05, 0.1) is 26.9 Å². The van der Waals surface area contributed by atoms with Crippen LogP contribution in [0.3, 0.4) is 0 Å². The number of hydrogen-bond donors (Lipinski definition) is 2. The predicted molar refractivity (Wildman–Crippen MR) is 152 cm³/mol. The molecule has 2 unspecified atom stereocenters. The van der Waals surface area contributed by atoms with Gasteiger partial charge in [-0.2, -0.15) is 13.2 Å². The molecule has 7 nitrogen and oxygen atoms in total. The molecule has 240 valence electrons. The molecule has 2 aliphatic rings. The van der Waals surface area contributed by atoms with Crippen LogP contribution >= 0.6 is 11.6 Å². The number of oxime groups is 1. The van der Waals surface area contributed by atoms with Crippen LogP contribution in [0.1, 0.15) is 47.2 Å². The second-order valence-corrected chi connectivity index (χ2v) is 13.7. The molecule has 45 heavy (non-hydrogen) atoms. The van der Waals surface area contributed by atoms with Crippen LogP contribution in [-0.2, 0) is 27.5 Å². The topological polar surface area (TPSA) is 105 Å². The smallest absolute Gasteiger partial charge is 0.391 e. The number of hydrogen-bond acceptors (Lipinski definition) is 6. The van der Waals surface area contributed by atoms with Gasteiger partial charge in [-0.1, -0.05) is 28.9 Å². The van der Waals surface area contributed by atoms with Gasteiger partial charge in [-0.25, -0.2) is 21.6 Å². The number of carbonyl (C=O) groups is 1. The summed E-state index contributed by atoms with van der Waals surface area (Å²) < 4.78 is 106. The van der Waals surface area contributed by atoms with E-state index in [1.54, 1.807) is 0 Å². The van der Waals surface area contributed by atoms with E-state index in [2.05, 4.69) is 10.5 Å². The minimum absolute atomic E-state index is 0.0278. The number of sulfone groups is 1. The molecule has 2 fully saturated rings. The number of fused-ring (bicyclic) bond motifs is 2. The largest absolute Gasteiger partial charge is 0.416 e. The Bertz CT molecular complexity index is 1710. The van der Waals surface area contributed by atoms with Crippen LogP contribution in [0, 0.1) is 29.3 Å². The van der Waals surface area contributed by atoms with Gasteiger partial charge in [-0.3, -0.25) is 4.79 Å². The summed E-state index contributed by atoms with van der Waals surface area (Å²) >= 11 is 6.27. The van der Waals surface area contributed by atoms with Gasteiger partial charge < -0.3 is 15.3 Å². The van der Waals surface area contributed by atoms with E-state index in [4.69, 9.17) is 16.4 Å². The standard InChI is InChI=1S/C30H25ClF6N2O5S/c31-22-8-5-17(28(40)39-21-10-23(32)26(34)24(33)11-21)9-25(22)45(42,43)27-18-3-4-19(27)13-29(41,12-18)15-38-44-14-16-1-6-20(7-2-16)30(35,36)37/h1-2,5-11,15,18-19,27,41H,3-4,12-14H2,(H,39,40)/b38-15+. The number of benzene rings is 3. The summed E-state index contributed by atoms with van der Waals surface area (Å²) in [6.07, 6.45) is -2.28. The minimum atomic E-state index is -4.47. The Morgan fingerprint density at radius 3 is 2.20 bits per heavy atom. The van der Waals surface area contributed by atoms with E-state index in [1.165, 1.54) is 30.5 Å². The number of aliphatic hydroxyl groups is 1. The van der Waals surface area contributed by atoms with Crippen molar-refractivity contribution >= 4 is 39.2 Å². The second kappa shape index (κ2) is 12.3. The number of carbonyl (C=O) groups excluding carboxylic acids is 1. The highest BCUT2D eigenvalue weighted by atomic mass is 35.5. The summed E-state index contributed by atoms with van der Waals surface area (Å²) in [5.41, 5.74) is -2.44. The molecule has 0 aromatic heterocycles. The Balaban J connectivity index is 1.27. The first-order valence-corrected chi connectivity index (χ1v) is 15.5. The van der Waals surface area contributed by atoms with Crippen molar-refractivity contribution in [2.24, 2.45) is 17.0 Å². The molecule has 2 saturated carbocycles. The highest BCUT2D eigenvalue weighted by Gasteiger charge is 2.54. The molecule has 2 aliphatic carbocycles. The average Bonchev–Trinajstić information content (AvgIpc) is 3.27. The van der Waals surface area contributed by atoms with Crippen molar-refractivity contribution in [2.45, 2.75) is 54.2 Å². The van der Waals surface area contributed by atoms with Crippen LogP contribution in [0.4, 0.5) is 32.0 Å². The number of alkyl halides is 3. The van der Waals surface area contributed by atoms with E-state index < -0.39 is 67.6 Å². The van der Waals surface area contributed by atoms with Gasteiger partial charge >= 0.3 is 6.18 Å². The van der Waals surface area contributed by atoms with Crippen molar-refractivity contribution in [3.05, 3.63) is 93.8 Å². The molecular weight excluding hydrogens is 650 g/mol. The van der Waals surface area contributed by atoms with Gasteiger partial charge in [0.25, 0.3) is 5.91 Å². The third-order valence-corrected chi connectivity index (χ3v) is 10.9. The molecular formula is C30H25ClF6N2O5S. The van der Waals surface area contributed by atoms with Crippen LogP contribution in [0.25, 0.3) is 0 Å². The van der Waals surface area contributed by atoms with Crippen molar-refractivity contribution in [1.29, 1.82) is 0 Å². The van der Waals surface area contributed by atoms with Crippen LogP contribution in [0.5, 0.6) is 0 Å². The lowest BCUT2D eigenvalue weighted by atomic mass is 9.78. The predicted octanol–water partition coefficient (Wildman–Crippen LogP) is 6.92. The molecule has 5 rings (SSSR count). The summed E-state index contributed by atoms with van der Waals surface area (Å²) in [4.78, 5) is 17.6. The number of halogens is 7. The fraction of sp³-hybridized carbons (Fsp3) is 0.333. The van der Waals surface area contributed by atoms with Gasteiger partial charge in [0.15, 0.2) is 27.3 Å². The molecule has 2 atom stereocenters. The van der Waals surface area contributed by atoms with E-state index >= 15 is 0 Å². The van der Waals surface area contributed by atoms with E-state index in [-0.39, 0.29) is 40.6 Å². The lowest BCUT2D eigenvalue weighted by Crippen LogP contribution is -2.47. The van der Waals surface area contributed by atoms with Crippen LogP contribution in [0.2, 0.25) is 5.02 Å². The third kappa shape index (κ3) is 6.97. The number of amides is 1. The first kappa shape index (κ1) is 32.8. The molecule has 2 bridgehead atoms. The number of anilines is 1.